The molecule has 1 aliphatic heterocycles. The van der Waals surface area contributed by atoms with Crippen LogP contribution in [0.5, 0.6) is 0 Å². The molecule has 10 nitrogen and oxygen atoms in total. The summed E-state index contributed by atoms with van der Waals surface area (Å²) in [6.45, 7) is 5.78. The Morgan fingerprint density at radius 1 is 1.06 bits per heavy atom. The second-order valence-electron chi connectivity index (χ2n) is 9.06. The lowest BCUT2D eigenvalue weighted by atomic mass is 10.1. The number of rotatable bonds is 5. The number of hydrogen-bond acceptors (Lipinski definition) is 8. The summed E-state index contributed by atoms with van der Waals surface area (Å²) in [4.78, 5) is 33.6. The minimum absolute atomic E-state index is 0.167. The minimum atomic E-state index is -0.315. The number of hydrogen-bond donors (Lipinski definition) is 2. The molecule has 2 N–H and O–H groups in total. The van der Waals surface area contributed by atoms with Crippen molar-refractivity contribution in [3.05, 3.63) is 65.1 Å². The summed E-state index contributed by atoms with van der Waals surface area (Å²) in [7, 11) is 1.75. The number of nitrogens with one attached hydrogen (secondary N) is 1. The van der Waals surface area contributed by atoms with Crippen molar-refractivity contribution < 1.29 is 5.11 Å². The molecule has 0 aliphatic carbocycles. The maximum absolute atomic E-state index is 13.5. The Morgan fingerprint density at radius 3 is 2.53 bits per heavy atom. The van der Waals surface area contributed by atoms with E-state index < -0.39 is 0 Å². The maximum atomic E-state index is 13.5. The molecular weight excluding hydrogens is 456 g/mol. The monoisotopic (exact) mass is 482 g/mol. The summed E-state index contributed by atoms with van der Waals surface area (Å²) < 4.78 is 3.33. The van der Waals surface area contributed by atoms with Crippen molar-refractivity contribution in [1.82, 2.24) is 29.1 Å². The van der Waals surface area contributed by atoms with Crippen molar-refractivity contribution >= 4 is 33.7 Å². The van der Waals surface area contributed by atoms with Crippen molar-refractivity contribution in [2.45, 2.75) is 20.0 Å². The quantitative estimate of drug-likeness (QED) is 0.393. The molecule has 1 saturated heterocycles. The van der Waals surface area contributed by atoms with Crippen LogP contribution in [0.3, 0.4) is 0 Å². The van der Waals surface area contributed by atoms with Gasteiger partial charge in [-0.2, -0.15) is 0 Å². The molecule has 1 aromatic carbocycles. The van der Waals surface area contributed by atoms with Crippen LogP contribution in [0.2, 0.25) is 0 Å². The van der Waals surface area contributed by atoms with E-state index in [4.69, 9.17) is 4.98 Å². The number of aryl methyl sites for hydroxylation is 2. The highest BCUT2D eigenvalue weighted by molar-refractivity contribution is 6.04. The van der Waals surface area contributed by atoms with Gasteiger partial charge in [-0.25, -0.2) is 19.7 Å². The van der Waals surface area contributed by atoms with Gasteiger partial charge in [-0.1, -0.05) is 6.07 Å². The van der Waals surface area contributed by atoms with E-state index in [9.17, 15) is 9.90 Å². The number of fused-ring (bicyclic) bond motifs is 3. The van der Waals surface area contributed by atoms with Crippen molar-refractivity contribution in [1.29, 1.82) is 0 Å². The average molecular weight is 483 g/mol. The minimum Gasteiger partial charge on any atom is -0.389 e. The highest BCUT2D eigenvalue weighted by atomic mass is 16.3. The summed E-state index contributed by atoms with van der Waals surface area (Å²) in [6.07, 6.45) is 5.00. The van der Waals surface area contributed by atoms with Crippen LogP contribution in [0.1, 0.15) is 12.6 Å². The molecule has 1 fully saturated rings. The molecule has 0 bridgehead atoms. The molecule has 5 aromatic rings. The molecule has 0 saturated carbocycles. The normalized spacial score (nSPS) is 13.9. The smallest absolute Gasteiger partial charge is 0.333 e. The van der Waals surface area contributed by atoms with Gasteiger partial charge in [0.05, 0.1) is 40.2 Å². The van der Waals surface area contributed by atoms with Crippen molar-refractivity contribution in [2.24, 2.45) is 7.05 Å². The van der Waals surface area contributed by atoms with Crippen LogP contribution in [0.4, 0.5) is 11.8 Å². The summed E-state index contributed by atoms with van der Waals surface area (Å²) >= 11 is 0. The zero-order valence-electron chi connectivity index (χ0n) is 20.3. The number of aromatic nitrogens is 6. The summed E-state index contributed by atoms with van der Waals surface area (Å²) in [5.41, 5.74) is 5.38. The van der Waals surface area contributed by atoms with Gasteiger partial charge in [0.2, 0.25) is 5.95 Å². The van der Waals surface area contributed by atoms with Gasteiger partial charge in [-0.15, -0.1) is 0 Å². The molecule has 0 amide bonds. The third kappa shape index (κ3) is 3.49. The highest BCUT2D eigenvalue weighted by Crippen LogP contribution is 2.30. The fraction of sp³-hybridized carbons (Fsp3) is 0.269. The van der Waals surface area contributed by atoms with Crippen LogP contribution in [-0.4, -0.2) is 59.9 Å². The van der Waals surface area contributed by atoms with Crippen molar-refractivity contribution in [3.8, 4) is 16.8 Å². The number of aliphatic hydroxyl groups excluding tert-OH is 1. The maximum Gasteiger partial charge on any atom is 0.333 e. The molecule has 1 aliphatic rings. The predicted molar refractivity (Wildman–Crippen MR) is 140 cm³/mol. The van der Waals surface area contributed by atoms with E-state index in [0.29, 0.717) is 24.7 Å². The van der Waals surface area contributed by atoms with Crippen molar-refractivity contribution in [3.63, 3.8) is 0 Å². The lowest BCUT2D eigenvalue weighted by Crippen LogP contribution is -2.51. The molecular formula is C26H26N8O2. The Labute approximate surface area is 206 Å². The SMILES string of the molecule is CCNc1ncc(-c2ccc3ncc4c(c3c2)n(-c2ccc(N3CC(O)C3)nc2C)c(=O)n4C)cn1. The molecule has 5 heterocycles. The van der Waals surface area contributed by atoms with Crippen LogP contribution in [0, 0.1) is 6.92 Å². The lowest BCUT2D eigenvalue weighted by Gasteiger charge is -2.37. The van der Waals surface area contributed by atoms with Crippen LogP contribution in [0.25, 0.3) is 38.8 Å². The van der Waals surface area contributed by atoms with Crippen LogP contribution < -0.4 is 15.9 Å². The van der Waals surface area contributed by atoms with Gasteiger partial charge in [0.15, 0.2) is 0 Å². The van der Waals surface area contributed by atoms with Gasteiger partial charge >= 0.3 is 5.69 Å². The summed E-state index contributed by atoms with van der Waals surface area (Å²) in [5.74, 6) is 1.38. The molecule has 0 unspecified atom stereocenters. The van der Waals surface area contributed by atoms with E-state index in [1.165, 1.54) is 0 Å². The lowest BCUT2D eigenvalue weighted by molar-refractivity contribution is 0.141. The van der Waals surface area contributed by atoms with Gasteiger partial charge in [-0.3, -0.25) is 14.1 Å². The van der Waals surface area contributed by atoms with Crippen molar-refractivity contribution in [2.75, 3.05) is 29.9 Å². The topological polar surface area (TPSA) is 114 Å². The fourth-order valence-corrected chi connectivity index (χ4v) is 4.72. The molecule has 36 heavy (non-hydrogen) atoms. The van der Waals surface area contributed by atoms with E-state index in [1.807, 2.05) is 49.1 Å². The predicted octanol–water partition coefficient (Wildman–Crippen LogP) is 2.65. The first-order valence-corrected chi connectivity index (χ1v) is 11.9. The molecule has 0 radical (unpaired) electrons. The number of pyridine rings is 2. The second-order valence-corrected chi connectivity index (χ2v) is 9.06. The molecule has 10 heteroatoms. The first kappa shape index (κ1) is 22.2. The van der Waals surface area contributed by atoms with Gasteiger partial charge in [-0.05, 0) is 43.7 Å². The first-order chi connectivity index (χ1) is 17.4. The molecule has 0 atom stereocenters. The van der Waals surface area contributed by atoms with E-state index >= 15 is 0 Å². The third-order valence-corrected chi connectivity index (χ3v) is 6.67. The van der Waals surface area contributed by atoms with E-state index in [1.54, 1.807) is 34.8 Å². The van der Waals surface area contributed by atoms with Gasteiger partial charge < -0.3 is 15.3 Å². The highest BCUT2D eigenvalue weighted by Gasteiger charge is 2.26. The molecule has 4 aromatic heterocycles. The number of imidazole rings is 1. The number of β-amino-alcohol motifs (C(OH)–C–C–N with tert-alkyl or cyclic N) is 1. The number of benzene rings is 1. The first-order valence-electron chi connectivity index (χ1n) is 11.9. The van der Waals surface area contributed by atoms with E-state index in [0.717, 1.165) is 51.1 Å². The van der Waals surface area contributed by atoms with Gasteiger partial charge in [0.1, 0.15) is 5.82 Å². The third-order valence-electron chi connectivity index (χ3n) is 6.67. The van der Waals surface area contributed by atoms with Crippen LogP contribution in [-0.2, 0) is 7.05 Å². The summed E-state index contributed by atoms with van der Waals surface area (Å²) in [6, 6.07) is 9.80. The van der Waals surface area contributed by atoms with Crippen LogP contribution in [0.15, 0.2) is 53.7 Å². The molecule has 0 spiro atoms. The van der Waals surface area contributed by atoms with E-state index in [-0.39, 0.29) is 11.8 Å². The average Bonchev–Trinajstić information content (AvgIpc) is 3.12. The van der Waals surface area contributed by atoms with Gasteiger partial charge in [0.25, 0.3) is 0 Å². The Hall–Kier alpha value is -4.31. The zero-order valence-corrected chi connectivity index (χ0v) is 20.3. The number of aliphatic hydroxyl groups is 1. The van der Waals surface area contributed by atoms with Gasteiger partial charge in [0, 0.05) is 50.0 Å². The molecule has 182 valence electrons. The standard InChI is InChI=1S/C26H26N8O2/c1-4-27-25-29-10-17(11-30-25)16-5-6-20-19(9-16)24-22(12-28-20)32(3)26(36)34(24)21-7-8-23(31-15(21)2)33-13-18(35)14-33/h5-12,18,35H,4,13-14H2,1-3H3,(H,27,29,30). The number of nitrogens with zero attached hydrogens (tertiary/aromatic N) is 7. The second kappa shape index (κ2) is 8.42. The van der Waals surface area contributed by atoms with Crippen LogP contribution >= 0.6 is 0 Å². The Bertz CT molecular complexity index is 1670. The Balaban J connectivity index is 1.53. The summed E-state index contributed by atoms with van der Waals surface area (Å²) in [5, 5.41) is 13.6. The fourth-order valence-electron chi connectivity index (χ4n) is 4.72. The number of anilines is 2. The molecule has 6 rings (SSSR count). The largest absolute Gasteiger partial charge is 0.389 e. The zero-order chi connectivity index (χ0) is 25.0. The van der Waals surface area contributed by atoms with E-state index in [2.05, 4.69) is 20.3 Å². The Morgan fingerprint density at radius 2 is 1.83 bits per heavy atom. The Kier molecular flexibility index (Phi) is 5.18.